The minimum absolute atomic E-state index is 0.368. The number of carbonyl (C=O) groups is 2. The van der Waals surface area contributed by atoms with Crippen LogP contribution in [0, 0.1) is 0 Å². The molecule has 0 aliphatic carbocycles. The zero-order chi connectivity index (χ0) is 10.8. The molecule has 0 radical (unpaired) electrons. The number of amides is 2. The second-order valence-electron chi connectivity index (χ2n) is 3.10. The van der Waals surface area contributed by atoms with E-state index in [0.29, 0.717) is 16.7 Å². The van der Waals surface area contributed by atoms with Crippen molar-refractivity contribution in [3.8, 4) is 0 Å². The SMILES string of the molecule is CO/C=C1/C(=O)NC(=O)c2ccccc21. The Bertz CT molecular complexity index is 463. The number of nitrogens with one attached hydrogen (secondary N) is 1. The van der Waals surface area contributed by atoms with E-state index in [1.54, 1.807) is 24.3 Å². The van der Waals surface area contributed by atoms with Gasteiger partial charge in [-0.3, -0.25) is 14.9 Å². The maximum absolute atomic E-state index is 11.5. The van der Waals surface area contributed by atoms with Crippen LogP contribution in [0.15, 0.2) is 30.5 Å². The summed E-state index contributed by atoms with van der Waals surface area (Å²) in [7, 11) is 1.46. The standard InChI is InChI=1S/C11H9NO3/c1-15-6-9-7-4-2-3-5-8(7)10(13)12-11(9)14/h2-6H,1H3,(H,12,13,14)/b9-6+. The number of hydrogen-bond acceptors (Lipinski definition) is 3. The first-order chi connectivity index (χ1) is 7.24. The highest BCUT2D eigenvalue weighted by atomic mass is 16.5. The number of carbonyl (C=O) groups excluding carboxylic acids is 2. The Labute approximate surface area is 86.5 Å². The van der Waals surface area contributed by atoms with E-state index in [4.69, 9.17) is 4.74 Å². The van der Waals surface area contributed by atoms with Gasteiger partial charge in [-0.2, -0.15) is 0 Å². The average Bonchev–Trinajstić information content (AvgIpc) is 2.24. The van der Waals surface area contributed by atoms with Crippen LogP contribution in [0.5, 0.6) is 0 Å². The molecule has 1 N–H and O–H groups in total. The maximum Gasteiger partial charge on any atom is 0.261 e. The van der Waals surface area contributed by atoms with E-state index >= 15 is 0 Å². The van der Waals surface area contributed by atoms with Gasteiger partial charge in [-0.1, -0.05) is 18.2 Å². The predicted octanol–water partition coefficient (Wildman–Crippen LogP) is 0.944. The van der Waals surface area contributed by atoms with Gasteiger partial charge >= 0.3 is 0 Å². The fraction of sp³-hybridized carbons (Fsp3) is 0.0909. The van der Waals surface area contributed by atoms with Gasteiger partial charge in [0.25, 0.3) is 11.8 Å². The van der Waals surface area contributed by atoms with Gasteiger partial charge in [-0.15, -0.1) is 0 Å². The van der Waals surface area contributed by atoms with Gasteiger partial charge in [-0.25, -0.2) is 0 Å². The summed E-state index contributed by atoms with van der Waals surface area (Å²) in [4.78, 5) is 22.9. The Morgan fingerprint density at radius 3 is 2.47 bits per heavy atom. The van der Waals surface area contributed by atoms with Crippen LogP contribution in [-0.2, 0) is 9.53 Å². The molecule has 2 amide bonds. The van der Waals surface area contributed by atoms with E-state index in [2.05, 4.69) is 5.32 Å². The van der Waals surface area contributed by atoms with Crippen molar-refractivity contribution in [2.24, 2.45) is 0 Å². The Morgan fingerprint density at radius 1 is 1.13 bits per heavy atom. The molecule has 0 saturated heterocycles. The van der Waals surface area contributed by atoms with Crippen LogP contribution in [0.25, 0.3) is 5.57 Å². The van der Waals surface area contributed by atoms with Crippen LogP contribution in [0.4, 0.5) is 0 Å². The summed E-state index contributed by atoms with van der Waals surface area (Å²) in [6, 6.07) is 6.91. The molecule has 4 nitrogen and oxygen atoms in total. The van der Waals surface area contributed by atoms with E-state index in [9.17, 15) is 9.59 Å². The number of benzene rings is 1. The van der Waals surface area contributed by atoms with Crippen molar-refractivity contribution >= 4 is 17.4 Å². The first-order valence-corrected chi connectivity index (χ1v) is 4.42. The number of ether oxygens (including phenoxy) is 1. The molecular weight excluding hydrogens is 194 g/mol. The van der Waals surface area contributed by atoms with Crippen molar-refractivity contribution in [1.29, 1.82) is 0 Å². The van der Waals surface area contributed by atoms with Crippen LogP contribution in [0.2, 0.25) is 0 Å². The molecule has 0 aromatic heterocycles. The van der Waals surface area contributed by atoms with Gasteiger partial charge in [-0.05, 0) is 6.07 Å². The van der Waals surface area contributed by atoms with Gasteiger partial charge in [0, 0.05) is 11.1 Å². The summed E-state index contributed by atoms with van der Waals surface area (Å²) >= 11 is 0. The largest absolute Gasteiger partial charge is 0.504 e. The van der Waals surface area contributed by atoms with Crippen molar-refractivity contribution in [2.75, 3.05) is 7.11 Å². The number of rotatable bonds is 1. The van der Waals surface area contributed by atoms with Crippen LogP contribution in [0.1, 0.15) is 15.9 Å². The van der Waals surface area contributed by atoms with Crippen molar-refractivity contribution in [2.45, 2.75) is 0 Å². The normalized spacial score (nSPS) is 17.3. The summed E-state index contributed by atoms with van der Waals surface area (Å²) in [6.07, 6.45) is 1.33. The maximum atomic E-state index is 11.5. The fourth-order valence-corrected chi connectivity index (χ4v) is 1.51. The third-order valence-corrected chi connectivity index (χ3v) is 2.17. The van der Waals surface area contributed by atoms with Crippen molar-refractivity contribution in [3.05, 3.63) is 41.7 Å². The van der Waals surface area contributed by atoms with E-state index in [1.165, 1.54) is 13.4 Å². The molecule has 1 aromatic carbocycles. The molecule has 1 aliphatic rings. The minimum atomic E-state index is -0.430. The van der Waals surface area contributed by atoms with Gasteiger partial charge < -0.3 is 4.74 Å². The van der Waals surface area contributed by atoms with E-state index in [1.807, 2.05) is 0 Å². The lowest BCUT2D eigenvalue weighted by Gasteiger charge is -2.17. The zero-order valence-electron chi connectivity index (χ0n) is 8.11. The Morgan fingerprint density at radius 2 is 1.80 bits per heavy atom. The second kappa shape index (κ2) is 3.57. The smallest absolute Gasteiger partial charge is 0.261 e. The molecule has 0 fully saturated rings. The molecule has 15 heavy (non-hydrogen) atoms. The molecule has 1 aliphatic heterocycles. The van der Waals surface area contributed by atoms with Crippen LogP contribution >= 0.6 is 0 Å². The Hall–Kier alpha value is -2.10. The summed E-state index contributed by atoms with van der Waals surface area (Å²) in [5, 5.41) is 2.24. The van der Waals surface area contributed by atoms with E-state index in [0.717, 1.165) is 0 Å². The molecule has 76 valence electrons. The summed E-state index contributed by atoms with van der Waals surface area (Å²) < 4.78 is 4.81. The molecule has 1 heterocycles. The quantitative estimate of drug-likeness (QED) is 0.420. The Kier molecular flexibility index (Phi) is 2.25. The molecule has 0 bridgehead atoms. The third kappa shape index (κ3) is 1.50. The lowest BCUT2D eigenvalue weighted by molar-refractivity contribution is -0.114. The first kappa shape index (κ1) is 9.45. The first-order valence-electron chi connectivity index (χ1n) is 4.42. The third-order valence-electron chi connectivity index (χ3n) is 2.17. The van der Waals surface area contributed by atoms with Gasteiger partial charge in [0.05, 0.1) is 18.9 Å². The number of imide groups is 1. The predicted molar refractivity (Wildman–Crippen MR) is 53.9 cm³/mol. The van der Waals surface area contributed by atoms with E-state index in [-0.39, 0.29) is 5.91 Å². The number of fused-ring (bicyclic) bond motifs is 1. The summed E-state index contributed by atoms with van der Waals surface area (Å²) in [6.45, 7) is 0. The Balaban J connectivity index is 2.62. The molecule has 1 aromatic rings. The highest BCUT2D eigenvalue weighted by Gasteiger charge is 2.26. The molecule has 2 rings (SSSR count). The van der Waals surface area contributed by atoms with Crippen molar-refractivity contribution in [3.63, 3.8) is 0 Å². The molecule has 0 spiro atoms. The van der Waals surface area contributed by atoms with Crippen LogP contribution < -0.4 is 5.32 Å². The molecule has 0 atom stereocenters. The summed E-state index contributed by atoms with van der Waals surface area (Å²) in [5.41, 5.74) is 1.46. The highest BCUT2D eigenvalue weighted by molar-refractivity contribution is 6.30. The lowest BCUT2D eigenvalue weighted by atomic mass is 9.96. The molecule has 0 saturated carbocycles. The topological polar surface area (TPSA) is 55.4 Å². The van der Waals surface area contributed by atoms with E-state index < -0.39 is 5.91 Å². The van der Waals surface area contributed by atoms with Gasteiger partial charge in [0.15, 0.2) is 0 Å². The molecule has 4 heteroatoms. The van der Waals surface area contributed by atoms with Crippen molar-refractivity contribution < 1.29 is 14.3 Å². The monoisotopic (exact) mass is 203 g/mol. The van der Waals surface area contributed by atoms with Gasteiger partial charge in [0.2, 0.25) is 0 Å². The van der Waals surface area contributed by atoms with Gasteiger partial charge in [0.1, 0.15) is 0 Å². The number of methoxy groups -OCH3 is 1. The van der Waals surface area contributed by atoms with Crippen LogP contribution in [-0.4, -0.2) is 18.9 Å². The molecule has 0 unspecified atom stereocenters. The number of hydrogen-bond donors (Lipinski definition) is 1. The highest BCUT2D eigenvalue weighted by Crippen LogP contribution is 2.23. The molecular formula is C11H9NO3. The zero-order valence-corrected chi connectivity index (χ0v) is 8.11. The fourth-order valence-electron chi connectivity index (χ4n) is 1.51. The van der Waals surface area contributed by atoms with Crippen LogP contribution in [0.3, 0.4) is 0 Å². The average molecular weight is 203 g/mol. The lowest BCUT2D eigenvalue weighted by Crippen LogP contribution is -2.36. The summed E-state index contributed by atoms with van der Waals surface area (Å²) in [5.74, 6) is -0.801. The van der Waals surface area contributed by atoms with Crippen molar-refractivity contribution in [1.82, 2.24) is 5.32 Å². The minimum Gasteiger partial charge on any atom is -0.504 e. The second-order valence-corrected chi connectivity index (χ2v) is 3.10.